The Balaban J connectivity index is 1.79. The summed E-state index contributed by atoms with van der Waals surface area (Å²) in [4.78, 5) is 30.3. The van der Waals surface area contributed by atoms with E-state index in [9.17, 15) is 14.9 Å². The number of hydrogen-bond donors (Lipinski definition) is 1. The third-order valence-electron chi connectivity index (χ3n) is 7.35. The number of hydrogen-bond acceptors (Lipinski definition) is 5. The molecule has 5 unspecified atom stereocenters. The number of aromatic amines is 1. The smallest absolute Gasteiger partial charge is 0.319 e. The third kappa shape index (κ3) is 2.16. The summed E-state index contributed by atoms with van der Waals surface area (Å²) < 4.78 is 5.39. The predicted molar refractivity (Wildman–Crippen MR) is 104 cm³/mol. The number of methoxy groups -OCH3 is 1. The van der Waals surface area contributed by atoms with Gasteiger partial charge in [-0.25, -0.2) is 0 Å². The Morgan fingerprint density at radius 1 is 1.46 bits per heavy atom. The fourth-order valence-corrected chi connectivity index (χ4v) is 6.42. The van der Waals surface area contributed by atoms with Crippen molar-refractivity contribution in [3.05, 3.63) is 39.6 Å². The van der Waals surface area contributed by atoms with Gasteiger partial charge in [0, 0.05) is 47.9 Å². The van der Waals surface area contributed by atoms with Crippen LogP contribution in [0, 0.1) is 22.0 Å². The van der Waals surface area contributed by atoms with Crippen molar-refractivity contribution in [1.82, 2.24) is 9.88 Å². The summed E-state index contributed by atoms with van der Waals surface area (Å²) in [5.74, 6) is 0.758. The molecule has 5 atom stereocenters. The number of non-ortho nitro benzene ring substituents is 1. The molecule has 3 fully saturated rings. The summed E-state index contributed by atoms with van der Waals surface area (Å²) in [6.07, 6.45) is 3.78. The van der Waals surface area contributed by atoms with Gasteiger partial charge in [0.1, 0.15) is 5.41 Å². The van der Waals surface area contributed by atoms with Crippen LogP contribution < -0.4 is 0 Å². The number of fused-ring (bicyclic) bond motifs is 4. The van der Waals surface area contributed by atoms with Crippen molar-refractivity contribution in [3.63, 3.8) is 0 Å². The molecule has 1 aliphatic carbocycles. The number of esters is 1. The molecule has 2 saturated heterocycles. The van der Waals surface area contributed by atoms with E-state index in [1.807, 2.05) is 0 Å². The summed E-state index contributed by atoms with van der Waals surface area (Å²) in [6.45, 7) is 4.11. The highest BCUT2D eigenvalue weighted by Crippen LogP contribution is 2.55. The summed E-state index contributed by atoms with van der Waals surface area (Å²) in [6, 6.07) is 5.06. The van der Waals surface area contributed by atoms with E-state index in [-0.39, 0.29) is 22.6 Å². The molecule has 1 N–H and O–H groups in total. The third-order valence-corrected chi connectivity index (χ3v) is 7.35. The van der Waals surface area contributed by atoms with Gasteiger partial charge in [0.2, 0.25) is 0 Å². The number of piperidine rings is 2. The van der Waals surface area contributed by atoms with Crippen LogP contribution in [-0.4, -0.2) is 47.0 Å². The SMILES string of the molecule is CCC1CC2CN3CCc4c([nH]c5ccc([N+](=O)[O-])cc45)C(C(=O)OC)(C2)C13. The number of H-pyrrole nitrogens is 1. The van der Waals surface area contributed by atoms with Gasteiger partial charge in [-0.05, 0) is 42.7 Å². The Morgan fingerprint density at radius 3 is 3.00 bits per heavy atom. The molecule has 4 aliphatic rings. The van der Waals surface area contributed by atoms with Crippen LogP contribution in [0.25, 0.3) is 10.9 Å². The highest BCUT2D eigenvalue weighted by Gasteiger charge is 2.62. The van der Waals surface area contributed by atoms with Crippen LogP contribution in [0.3, 0.4) is 0 Å². The molecule has 4 bridgehead atoms. The van der Waals surface area contributed by atoms with Crippen LogP contribution in [0.15, 0.2) is 18.2 Å². The molecule has 0 spiro atoms. The Hall–Kier alpha value is -2.41. The Morgan fingerprint density at radius 2 is 2.29 bits per heavy atom. The second-order valence-electron chi connectivity index (χ2n) is 8.59. The summed E-state index contributed by atoms with van der Waals surface area (Å²) in [7, 11) is 1.47. The van der Waals surface area contributed by atoms with Crippen LogP contribution >= 0.6 is 0 Å². The molecule has 0 radical (unpaired) electrons. The number of nitrogens with zero attached hydrogens (tertiary/aromatic N) is 2. The number of rotatable bonds is 3. The first-order valence-corrected chi connectivity index (χ1v) is 10.1. The van der Waals surface area contributed by atoms with Crippen LogP contribution in [0.1, 0.15) is 37.4 Å². The molecule has 148 valence electrons. The second kappa shape index (κ2) is 6.04. The lowest BCUT2D eigenvalue weighted by Gasteiger charge is -2.57. The molecular formula is C21H25N3O4. The normalized spacial score (nSPS) is 33.4. The molecule has 0 amide bonds. The van der Waals surface area contributed by atoms with E-state index in [1.54, 1.807) is 12.1 Å². The van der Waals surface area contributed by atoms with Crippen molar-refractivity contribution >= 4 is 22.6 Å². The van der Waals surface area contributed by atoms with Gasteiger partial charge in [-0.1, -0.05) is 13.3 Å². The highest BCUT2D eigenvalue weighted by atomic mass is 16.6. The van der Waals surface area contributed by atoms with E-state index in [2.05, 4.69) is 16.8 Å². The van der Waals surface area contributed by atoms with Gasteiger partial charge >= 0.3 is 5.97 Å². The maximum Gasteiger partial charge on any atom is 0.319 e. The van der Waals surface area contributed by atoms with Crippen LogP contribution in [0.5, 0.6) is 0 Å². The first kappa shape index (κ1) is 17.7. The molecule has 6 rings (SSSR count). The van der Waals surface area contributed by atoms with E-state index >= 15 is 0 Å². The maximum absolute atomic E-state index is 13.3. The van der Waals surface area contributed by atoms with Crippen molar-refractivity contribution in [3.8, 4) is 0 Å². The average Bonchev–Trinajstić information content (AvgIpc) is 3.04. The molecule has 4 heterocycles. The Labute approximate surface area is 163 Å². The number of carbonyl (C=O) groups is 1. The molecule has 1 aromatic carbocycles. The van der Waals surface area contributed by atoms with E-state index in [0.717, 1.165) is 60.9 Å². The van der Waals surface area contributed by atoms with Gasteiger partial charge in [-0.3, -0.25) is 19.8 Å². The number of aromatic nitrogens is 1. The van der Waals surface area contributed by atoms with E-state index < -0.39 is 5.41 Å². The largest absolute Gasteiger partial charge is 0.468 e. The van der Waals surface area contributed by atoms with Crippen molar-refractivity contribution < 1.29 is 14.5 Å². The molecule has 7 heteroatoms. The fraction of sp³-hybridized carbons (Fsp3) is 0.571. The topological polar surface area (TPSA) is 88.5 Å². The second-order valence-corrected chi connectivity index (χ2v) is 8.59. The van der Waals surface area contributed by atoms with Gasteiger partial charge in [0.05, 0.1) is 12.0 Å². The Kier molecular flexibility index (Phi) is 3.81. The van der Waals surface area contributed by atoms with Crippen LogP contribution in [0.2, 0.25) is 0 Å². The monoisotopic (exact) mass is 383 g/mol. The fourth-order valence-electron chi connectivity index (χ4n) is 6.42. The maximum atomic E-state index is 13.3. The number of benzene rings is 1. The molecule has 7 nitrogen and oxygen atoms in total. The lowest BCUT2D eigenvalue weighted by atomic mass is 9.56. The van der Waals surface area contributed by atoms with Gasteiger partial charge in [0.25, 0.3) is 5.69 Å². The zero-order valence-electron chi connectivity index (χ0n) is 16.2. The minimum absolute atomic E-state index is 0.0851. The summed E-state index contributed by atoms with van der Waals surface area (Å²) in [5, 5.41) is 12.2. The van der Waals surface area contributed by atoms with E-state index in [1.165, 1.54) is 13.2 Å². The number of ether oxygens (including phenoxy) is 1. The van der Waals surface area contributed by atoms with Crippen LogP contribution in [0.4, 0.5) is 5.69 Å². The minimum Gasteiger partial charge on any atom is -0.468 e. The van der Waals surface area contributed by atoms with Gasteiger partial charge in [-0.15, -0.1) is 0 Å². The van der Waals surface area contributed by atoms with Crippen molar-refractivity contribution in [2.45, 2.75) is 44.1 Å². The molecule has 1 saturated carbocycles. The van der Waals surface area contributed by atoms with Gasteiger partial charge in [0.15, 0.2) is 0 Å². The van der Waals surface area contributed by atoms with Crippen molar-refractivity contribution in [1.29, 1.82) is 0 Å². The first-order chi connectivity index (χ1) is 13.5. The van der Waals surface area contributed by atoms with E-state index in [4.69, 9.17) is 4.74 Å². The number of carbonyl (C=O) groups excluding carboxylic acids is 1. The van der Waals surface area contributed by atoms with E-state index in [0.29, 0.717) is 11.8 Å². The zero-order chi connectivity index (χ0) is 19.6. The first-order valence-electron chi connectivity index (χ1n) is 10.1. The molecule has 28 heavy (non-hydrogen) atoms. The lowest BCUT2D eigenvalue weighted by Crippen LogP contribution is -2.67. The standard InChI is InChI=1S/C21H25N3O4/c1-3-13-8-12-10-21(20(25)28-2)18-15(6-7-23(11-12)19(13)21)16-9-14(24(26)27)4-5-17(16)22-18/h4-5,9,12-13,19,22H,3,6-8,10-11H2,1-2H3. The van der Waals surface area contributed by atoms with Crippen LogP contribution in [-0.2, 0) is 21.4 Å². The molecule has 3 aliphatic heterocycles. The quantitative estimate of drug-likeness (QED) is 0.500. The van der Waals surface area contributed by atoms with Crippen molar-refractivity contribution in [2.75, 3.05) is 20.2 Å². The van der Waals surface area contributed by atoms with Gasteiger partial charge < -0.3 is 9.72 Å². The molecule has 1 aromatic heterocycles. The van der Waals surface area contributed by atoms with Crippen molar-refractivity contribution in [2.24, 2.45) is 11.8 Å². The van der Waals surface area contributed by atoms with Gasteiger partial charge in [-0.2, -0.15) is 0 Å². The number of nitro groups is 1. The summed E-state index contributed by atoms with van der Waals surface area (Å²) in [5.41, 5.74) is 2.22. The number of nitro benzene ring substituents is 1. The summed E-state index contributed by atoms with van der Waals surface area (Å²) >= 11 is 0. The predicted octanol–water partition coefficient (Wildman–Crippen LogP) is 3.16. The lowest BCUT2D eigenvalue weighted by molar-refractivity contribution is -0.384. The minimum atomic E-state index is -0.712. The zero-order valence-corrected chi connectivity index (χ0v) is 16.2. The molecular weight excluding hydrogens is 358 g/mol. The number of nitrogens with one attached hydrogen (secondary N) is 1. The average molecular weight is 383 g/mol. The highest BCUT2D eigenvalue weighted by molar-refractivity contribution is 5.92. The Bertz CT molecular complexity index is 983. The molecule has 2 aromatic rings.